The van der Waals surface area contributed by atoms with Crippen LogP contribution in [-0.4, -0.2) is 6.54 Å². The smallest absolute Gasteiger partial charge is 0.00489 e. The summed E-state index contributed by atoms with van der Waals surface area (Å²) in [5, 5.41) is 0. The van der Waals surface area contributed by atoms with E-state index in [0.29, 0.717) is 0 Å². The fourth-order valence-corrected chi connectivity index (χ4v) is 3.16. The standard InChI is InChI=1S/C20H43N.C2H6/c1-3-5-7-9-11-12-14-16-18-20(19-21)17-15-13-10-8-6-4-2;1-2/h20H,3-19,21H2,1-2H3;1-2H3. The normalized spacial score (nSPS) is 11.9. The second kappa shape index (κ2) is 24.2. The maximum atomic E-state index is 5.93. The van der Waals surface area contributed by atoms with Crippen molar-refractivity contribution in [1.29, 1.82) is 0 Å². The number of hydrogen-bond donors (Lipinski definition) is 1. The molecule has 0 amide bonds. The molecule has 2 N–H and O–H groups in total. The Hall–Kier alpha value is -0.0400. The quantitative estimate of drug-likeness (QED) is 0.270. The van der Waals surface area contributed by atoms with Gasteiger partial charge >= 0.3 is 0 Å². The molecule has 0 heterocycles. The number of nitrogens with two attached hydrogens (primary N) is 1. The largest absolute Gasteiger partial charge is 0.330 e. The van der Waals surface area contributed by atoms with Gasteiger partial charge in [0.1, 0.15) is 0 Å². The van der Waals surface area contributed by atoms with Gasteiger partial charge in [0.05, 0.1) is 0 Å². The summed E-state index contributed by atoms with van der Waals surface area (Å²) in [5.74, 6) is 0.802. The van der Waals surface area contributed by atoms with Crippen molar-refractivity contribution in [2.45, 2.75) is 130 Å². The van der Waals surface area contributed by atoms with E-state index in [1.807, 2.05) is 13.8 Å². The van der Waals surface area contributed by atoms with E-state index in [0.717, 1.165) is 12.5 Å². The van der Waals surface area contributed by atoms with Crippen LogP contribution in [0, 0.1) is 5.92 Å². The Morgan fingerprint density at radius 3 is 1.13 bits per heavy atom. The summed E-state index contributed by atoms with van der Waals surface area (Å²) < 4.78 is 0. The van der Waals surface area contributed by atoms with Crippen molar-refractivity contribution < 1.29 is 0 Å². The molecule has 1 heteroatoms. The molecule has 23 heavy (non-hydrogen) atoms. The van der Waals surface area contributed by atoms with Crippen LogP contribution in [0.15, 0.2) is 0 Å². The molecule has 0 aliphatic heterocycles. The molecule has 0 radical (unpaired) electrons. The SMILES string of the molecule is CC.CCCCCCCCCCC(CN)CCCCCCCC. The molecule has 0 saturated heterocycles. The molecular formula is C22H49N. The van der Waals surface area contributed by atoms with Gasteiger partial charge in [-0.15, -0.1) is 0 Å². The molecular weight excluding hydrogens is 278 g/mol. The van der Waals surface area contributed by atoms with Crippen LogP contribution in [0.25, 0.3) is 0 Å². The lowest BCUT2D eigenvalue weighted by molar-refractivity contribution is 0.410. The van der Waals surface area contributed by atoms with Crippen molar-refractivity contribution in [3.63, 3.8) is 0 Å². The Morgan fingerprint density at radius 1 is 0.522 bits per heavy atom. The lowest BCUT2D eigenvalue weighted by atomic mass is 9.94. The van der Waals surface area contributed by atoms with Gasteiger partial charge in [-0.05, 0) is 25.3 Å². The first-order valence-electron chi connectivity index (χ1n) is 11.0. The highest BCUT2D eigenvalue weighted by molar-refractivity contribution is 4.61. The first kappa shape index (κ1) is 25.2. The van der Waals surface area contributed by atoms with E-state index >= 15 is 0 Å². The van der Waals surface area contributed by atoms with Gasteiger partial charge in [0.15, 0.2) is 0 Å². The van der Waals surface area contributed by atoms with E-state index in [-0.39, 0.29) is 0 Å². The van der Waals surface area contributed by atoms with Gasteiger partial charge in [-0.1, -0.05) is 118 Å². The molecule has 0 aromatic heterocycles. The monoisotopic (exact) mass is 327 g/mol. The number of rotatable bonds is 17. The van der Waals surface area contributed by atoms with Gasteiger partial charge in [0.25, 0.3) is 0 Å². The predicted octanol–water partition coefficient (Wildman–Crippen LogP) is 7.87. The van der Waals surface area contributed by atoms with E-state index in [9.17, 15) is 0 Å². The van der Waals surface area contributed by atoms with Crippen molar-refractivity contribution in [2.75, 3.05) is 6.54 Å². The van der Waals surface area contributed by atoms with E-state index in [1.165, 1.54) is 103 Å². The second-order valence-electron chi connectivity index (χ2n) is 6.92. The van der Waals surface area contributed by atoms with Crippen LogP contribution in [0.4, 0.5) is 0 Å². The summed E-state index contributed by atoms with van der Waals surface area (Å²) in [6.07, 6.45) is 22.6. The lowest BCUT2D eigenvalue weighted by Crippen LogP contribution is -2.14. The predicted molar refractivity (Wildman–Crippen MR) is 109 cm³/mol. The first-order chi connectivity index (χ1) is 11.3. The Kier molecular flexibility index (Phi) is 26.5. The molecule has 1 nitrogen and oxygen atoms in total. The van der Waals surface area contributed by atoms with Gasteiger partial charge < -0.3 is 5.73 Å². The molecule has 0 spiro atoms. The van der Waals surface area contributed by atoms with Crippen molar-refractivity contribution in [3.8, 4) is 0 Å². The van der Waals surface area contributed by atoms with Crippen LogP contribution in [0.2, 0.25) is 0 Å². The van der Waals surface area contributed by atoms with E-state index in [1.54, 1.807) is 0 Å². The van der Waals surface area contributed by atoms with Crippen LogP contribution < -0.4 is 5.73 Å². The minimum atomic E-state index is 0.802. The molecule has 0 aromatic rings. The van der Waals surface area contributed by atoms with Crippen molar-refractivity contribution in [3.05, 3.63) is 0 Å². The lowest BCUT2D eigenvalue weighted by Gasteiger charge is -2.14. The van der Waals surface area contributed by atoms with Crippen LogP contribution in [0.1, 0.15) is 130 Å². The second-order valence-corrected chi connectivity index (χ2v) is 6.92. The van der Waals surface area contributed by atoms with E-state index < -0.39 is 0 Å². The highest BCUT2D eigenvalue weighted by Gasteiger charge is 2.06. The Bertz CT molecular complexity index is 179. The number of hydrogen-bond acceptors (Lipinski definition) is 1. The van der Waals surface area contributed by atoms with Gasteiger partial charge in [-0.2, -0.15) is 0 Å². The Balaban J connectivity index is 0. The van der Waals surface area contributed by atoms with Gasteiger partial charge in [0.2, 0.25) is 0 Å². The van der Waals surface area contributed by atoms with Gasteiger partial charge in [-0.3, -0.25) is 0 Å². The molecule has 0 fully saturated rings. The zero-order chi connectivity index (χ0) is 17.6. The fourth-order valence-electron chi connectivity index (χ4n) is 3.16. The molecule has 0 aliphatic rings. The van der Waals surface area contributed by atoms with Crippen LogP contribution in [-0.2, 0) is 0 Å². The molecule has 0 bridgehead atoms. The maximum Gasteiger partial charge on any atom is -0.00489 e. The molecule has 1 atom stereocenters. The van der Waals surface area contributed by atoms with E-state index in [2.05, 4.69) is 13.8 Å². The van der Waals surface area contributed by atoms with Gasteiger partial charge in [0, 0.05) is 0 Å². The van der Waals surface area contributed by atoms with Crippen molar-refractivity contribution in [2.24, 2.45) is 11.7 Å². The third kappa shape index (κ3) is 22.0. The van der Waals surface area contributed by atoms with E-state index in [4.69, 9.17) is 5.73 Å². The van der Waals surface area contributed by atoms with Crippen LogP contribution >= 0.6 is 0 Å². The summed E-state index contributed by atoms with van der Waals surface area (Å²) in [5.41, 5.74) is 5.93. The summed E-state index contributed by atoms with van der Waals surface area (Å²) in [7, 11) is 0. The molecule has 0 aliphatic carbocycles. The summed E-state index contributed by atoms with van der Waals surface area (Å²) >= 11 is 0. The third-order valence-electron chi connectivity index (χ3n) is 4.77. The van der Waals surface area contributed by atoms with Crippen LogP contribution in [0.3, 0.4) is 0 Å². The molecule has 0 rings (SSSR count). The highest BCUT2D eigenvalue weighted by Crippen LogP contribution is 2.18. The minimum Gasteiger partial charge on any atom is -0.330 e. The zero-order valence-corrected chi connectivity index (χ0v) is 17.2. The average Bonchev–Trinajstić information content (AvgIpc) is 2.60. The Labute approximate surface area is 149 Å². The summed E-state index contributed by atoms with van der Waals surface area (Å²) in [6.45, 7) is 9.48. The minimum absolute atomic E-state index is 0.802. The molecule has 0 aromatic carbocycles. The summed E-state index contributed by atoms with van der Waals surface area (Å²) in [4.78, 5) is 0. The highest BCUT2D eigenvalue weighted by atomic mass is 14.5. The van der Waals surface area contributed by atoms with Gasteiger partial charge in [-0.25, -0.2) is 0 Å². The Morgan fingerprint density at radius 2 is 0.826 bits per heavy atom. The topological polar surface area (TPSA) is 26.0 Å². The first-order valence-corrected chi connectivity index (χ1v) is 11.0. The average molecular weight is 328 g/mol. The zero-order valence-electron chi connectivity index (χ0n) is 17.2. The molecule has 0 saturated carbocycles. The van der Waals surface area contributed by atoms with Crippen molar-refractivity contribution >= 4 is 0 Å². The fraction of sp³-hybridized carbons (Fsp3) is 1.00. The maximum absolute atomic E-state index is 5.93. The van der Waals surface area contributed by atoms with Crippen molar-refractivity contribution in [1.82, 2.24) is 0 Å². The third-order valence-corrected chi connectivity index (χ3v) is 4.77. The van der Waals surface area contributed by atoms with Crippen LogP contribution in [0.5, 0.6) is 0 Å². The molecule has 1 unspecified atom stereocenters. The summed E-state index contributed by atoms with van der Waals surface area (Å²) in [6, 6.07) is 0. The molecule has 142 valence electrons. The number of unbranched alkanes of at least 4 members (excludes halogenated alkanes) is 12.